The quantitative estimate of drug-likeness (QED) is 0.694. The van der Waals surface area contributed by atoms with Crippen LogP contribution < -0.4 is 5.32 Å². The SMILES string of the molecule is O=C(NC(c1ccc(Br)cc1)C1CCC1)c1cccc(-n2cnnn2)c1. The summed E-state index contributed by atoms with van der Waals surface area (Å²) in [5.41, 5.74) is 2.49. The monoisotopic (exact) mass is 411 g/mol. The van der Waals surface area contributed by atoms with Gasteiger partial charge in [-0.25, -0.2) is 4.68 Å². The molecule has 7 heteroatoms. The number of amides is 1. The van der Waals surface area contributed by atoms with Gasteiger partial charge in [-0.3, -0.25) is 4.79 Å². The van der Waals surface area contributed by atoms with Crippen LogP contribution in [0.25, 0.3) is 5.69 Å². The first-order chi connectivity index (χ1) is 12.7. The first-order valence-corrected chi connectivity index (χ1v) is 9.40. The van der Waals surface area contributed by atoms with Crippen LogP contribution in [0.5, 0.6) is 0 Å². The fourth-order valence-corrected chi connectivity index (χ4v) is 3.47. The van der Waals surface area contributed by atoms with Crippen molar-refractivity contribution in [3.8, 4) is 5.69 Å². The van der Waals surface area contributed by atoms with Gasteiger partial charge in [0.05, 0.1) is 11.7 Å². The predicted octanol–water partition coefficient (Wildman–Crippen LogP) is 3.70. The number of aromatic nitrogens is 4. The maximum absolute atomic E-state index is 12.9. The van der Waals surface area contributed by atoms with E-state index in [9.17, 15) is 4.79 Å². The molecule has 1 aliphatic carbocycles. The van der Waals surface area contributed by atoms with E-state index in [4.69, 9.17) is 0 Å². The lowest BCUT2D eigenvalue weighted by Crippen LogP contribution is -2.36. The van der Waals surface area contributed by atoms with Crippen molar-refractivity contribution >= 4 is 21.8 Å². The third kappa shape index (κ3) is 3.53. The average Bonchev–Trinajstić information content (AvgIpc) is 3.15. The molecule has 1 fully saturated rings. The first kappa shape index (κ1) is 16.9. The number of tetrazole rings is 1. The van der Waals surface area contributed by atoms with Gasteiger partial charge < -0.3 is 5.32 Å². The Hall–Kier alpha value is -2.54. The molecular formula is C19H18BrN5O. The van der Waals surface area contributed by atoms with E-state index in [1.165, 1.54) is 17.4 Å². The summed E-state index contributed by atoms with van der Waals surface area (Å²) in [6.45, 7) is 0. The van der Waals surface area contributed by atoms with Crippen molar-refractivity contribution in [2.24, 2.45) is 5.92 Å². The highest BCUT2D eigenvalue weighted by atomic mass is 79.9. The maximum atomic E-state index is 12.9. The van der Waals surface area contributed by atoms with Crippen LogP contribution in [0.4, 0.5) is 0 Å². The summed E-state index contributed by atoms with van der Waals surface area (Å²) in [5.74, 6) is 0.405. The topological polar surface area (TPSA) is 72.7 Å². The Morgan fingerprint density at radius 2 is 2.00 bits per heavy atom. The van der Waals surface area contributed by atoms with Gasteiger partial charge in [-0.15, -0.1) is 5.10 Å². The molecule has 26 heavy (non-hydrogen) atoms. The van der Waals surface area contributed by atoms with E-state index < -0.39 is 0 Å². The minimum Gasteiger partial charge on any atom is -0.345 e. The van der Waals surface area contributed by atoms with Gasteiger partial charge in [0.1, 0.15) is 6.33 Å². The Kier molecular flexibility index (Phi) is 4.79. The van der Waals surface area contributed by atoms with E-state index in [0.29, 0.717) is 11.5 Å². The summed E-state index contributed by atoms with van der Waals surface area (Å²) in [4.78, 5) is 12.9. The van der Waals surface area contributed by atoms with Crippen molar-refractivity contribution in [3.63, 3.8) is 0 Å². The molecule has 0 saturated heterocycles. The van der Waals surface area contributed by atoms with Crippen molar-refractivity contribution in [2.75, 3.05) is 0 Å². The second-order valence-electron chi connectivity index (χ2n) is 6.50. The van der Waals surface area contributed by atoms with Crippen LogP contribution >= 0.6 is 15.9 Å². The van der Waals surface area contributed by atoms with E-state index in [0.717, 1.165) is 28.6 Å². The normalized spacial score (nSPS) is 15.3. The van der Waals surface area contributed by atoms with E-state index in [-0.39, 0.29) is 11.9 Å². The summed E-state index contributed by atoms with van der Waals surface area (Å²) in [5, 5.41) is 14.4. The fraction of sp³-hybridized carbons (Fsp3) is 0.263. The van der Waals surface area contributed by atoms with Crippen molar-refractivity contribution in [1.29, 1.82) is 0 Å². The fourth-order valence-electron chi connectivity index (χ4n) is 3.21. The van der Waals surface area contributed by atoms with Crippen LogP contribution in [-0.2, 0) is 0 Å². The van der Waals surface area contributed by atoms with E-state index in [2.05, 4.69) is 48.9 Å². The third-order valence-electron chi connectivity index (χ3n) is 4.86. The average molecular weight is 412 g/mol. The van der Waals surface area contributed by atoms with Crippen LogP contribution in [0.2, 0.25) is 0 Å². The van der Waals surface area contributed by atoms with E-state index in [1.807, 2.05) is 30.3 Å². The lowest BCUT2D eigenvalue weighted by atomic mass is 9.77. The summed E-state index contributed by atoms with van der Waals surface area (Å²) >= 11 is 3.47. The molecule has 1 aliphatic rings. The Morgan fingerprint density at radius 3 is 2.65 bits per heavy atom. The van der Waals surface area contributed by atoms with Crippen molar-refractivity contribution in [1.82, 2.24) is 25.5 Å². The van der Waals surface area contributed by atoms with Gasteiger partial charge in [-0.05, 0) is 65.1 Å². The smallest absolute Gasteiger partial charge is 0.251 e. The lowest BCUT2D eigenvalue weighted by molar-refractivity contribution is 0.0900. The molecule has 0 aliphatic heterocycles. The van der Waals surface area contributed by atoms with Crippen LogP contribution in [0.3, 0.4) is 0 Å². The standard InChI is InChI=1S/C19H18BrN5O/c20-16-9-7-14(8-10-16)18(13-3-1-4-13)22-19(26)15-5-2-6-17(11-15)25-12-21-23-24-25/h2,5-13,18H,1,3-4H2,(H,22,26). The number of rotatable bonds is 5. The van der Waals surface area contributed by atoms with Gasteiger partial charge in [-0.1, -0.05) is 40.5 Å². The predicted molar refractivity (Wildman–Crippen MR) is 101 cm³/mol. The largest absolute Gasteiger partial charge is 0.345 e. The number of nitrogens with one attached hydrogen (secondary N) is 1. The zero-order chi connectivity index (χ0) is 17.9. The number of halogens is 1. The Labute approximate surface area is 159 Å². The maximum Gasteiger partial charge on any atom is 0.251 e. The number of hydrogen-bond acceptors (Lipinski definition) is 4. The molecule has 4 rings (SSSR count). The molecule has 1 saturated carbocycles. The van der Waals surface area contributed by atoms with E-state index in [1.54, 1.807) is 6.07 Å². The Balaban J connectivity index is 1.57. The molecule has 132 valence electrons. The minimum absolute atomic E-state index is 0.0287. The minimum atomic E-state index is -0.0836. The molecule has 3 aromatic rings. The van der Waals surface area contributed by atoms with Gasteiger partial charge in [-0.2, -0.15) is 0 Å². The first-order valence-electron chi connectivity index (χ1n) is 8.60. The molecule has 1 N–H and O–H groups in total. The zero-order valence-electron chi connectivity index (χ0n) is 14.0. The highest BCUT2D eigenvalue weighted by molar-refractivity contribution is 9.10. The molecular weight excluding hydrogens is 394 g/mol. The molecule has 1 heterocycles. The third-order valence-corrected chi connectivity index (χ3v) is 5.39. The highest BCUT2D eigenvalue weighted by Crippen LogP contribution is 2.38. The number of carbonyl (C=O) groups is 1. The second-order valence-corrected chi connectivity index (χ2v) is 7.41. The summed E-state index contributed by atoms with van der Waals surface area (Å²) < 4.78 is 2.57. The van der Waals surface area contributed by atoms with Gasteiger partial charge in [0, 0.05) is 10.0 Å². The lowest BCUT2D eigenvalue weighted by Gasteiger charge is -2.34. The van der Waals surface area contributed by atoms with Gasteiger partial charge in [0.15, 0.2) is 0 Å². The van der Waals surface area contributed by atoms with Crippen molar-refractivity contribution in [2.45, 2.75) is 25.3 Å². The van der Waals surface area contributed by atoms with Gasteiger partial charge in [0.25, 0.3) is 5.91 Å². The van der Waals surface area contributed by atoms with Crippen molar-refractivity contribution < 1.29 is 4.79 Å². The summed E-state index contributed by atoms with van der Waals surface area (Å²) in [6.07, 6.45) is 5.02. The summed E-state index contributed by atoms with van der Waals surface area (Å²) in [6, 6.07) is 15.5. The second kappa shape index (κ2) is 7.37. The summed E-state index contributed by atoms with van der Waals surface area (Å²) in [7, 11) is 0. The number of benzene rings is 2. The number of carbonyl (C=O) groups excluding carboxylic acids is 1. The van der Waals surface area contributed by atoms with Crippen LogP contribution in [-0.4, -0.2) is 26.1 Å². The molecule has 1 amide bonds. The number of nitrogens with zero attached hydrogens (tertiary/aromatic N) is 4. The van der Waals surface area contributed by atoms with Crippen LogP contribution in [0, 0.1) is 5.92 Å². The van der Waals surface area contributed by atoms with Gasteiger partial charge >= 0.3 is 0 Å². The molecule has 1 atom stereocenters. The number of hydrogen-bond donors (Lipinski definition) is 1. The highest BCUT2D eigenvalue weighted by Gasteiger charge is 2.30. The van der Waals surface area contributed by atoms with E-state index >= 15 is 0 Å². The van der Waals surface area contributed by atoms with Crippen LogP contribution in [0.15, 0.2) is 59.3 Å². The molecule has 1 unspecified atom stereocenters. The van der Waals surface area contributed by atoms with Gasteiger partial charge in [0.2, 0.25) is 0 Å². The zero-order valence-corrected chi connectivity index (χ0v) is 15.6. The molecule has 0 spiro atoms. The molecule has 0 bridgehead atoms. The Bertz CT molecular complexity index is 891. The molecule has 1 aromatic heterocycles. The van der Waals surface area contributed by atoms with Crippen LogP contribution in [0.1, 0.15) is 41.2 Å². The Morgan fingerprint density at radius 1 is 1.19 bits per heavy atom. The van der Waals surface area contributed by atoms with Crippen molar-refractivity contribution in [3.05, 3.63) is 70.5 Å². The molecule has 0 radical (unpaired) electrons. The molecule has 2 aromatic carbocycles. The molecule has 6 nitrogen and oxygen atoms in total.